The van der Waals surface area contributed by atoms with E-state index in [0.29, 0.717) is 17.5 Å². The maximum Gasteiger partial charge on any atom is 0.275 e. The van der Waals surface area contributed by atoms with Gasteiger partial charge in [0.05, 0.1) is 11.5 Å². The Morgan fingerprint density at radius 1 is 1.65 bits per heavy atom. The Kier molecular flexibility index (Phi) is 5.57. The molecule has 5 nitrogen and oxygen atoms in total. The van der Waals surface area contributed by atoms with Crippen molar-refractivity contribution in [2.45, 2.75) is 19.5 Å². The average Bonchev–Trinajstić information content (AvgIpc) is 2.76. The Morgan fingerprint density at radius 3 is 2.94 bits per heavy atom. The normalized spacial score (nSPS) is 12.8. The molecule has 1 heterocycles. The van der Waals surface area contributed by atoms with Gasteiger partial charge in [-0.1, -0.05) is 0 Å². The second-order valence-corrected chi connectivity index (χ2v) is 5.13. The minimum absolute atomic E-state index is 0.242. The van der Waals surface area contributed by atoms with Gasteiger partial charge in [-0.05, 0) is 26.1 Å². The number of nitrogens with one attached hydrogen (secondary N) is 1. The molecule has 1 aromatic heterocycles. The fraction of sp³-hybridized carbons (Fsp3) is 0.545. The predicted octanol–water partition coefficient (Wildman–Crippen LogP) is 0.818. The Morgan fingerprint density at radius 2 is 2.35 bits per heavy atom. The Hall–Kier alpha value is -0.950. The summed E-state index contributed by atoms with van der Waals surface area (Å²) in [5.74, 6) is 4.84. The van der Waals surface area contributed by atoms with Crippen molar-refractivity contribution in [3.05, 3.63) is 21.9 Å². The first-order valence-corrected chi connectivity index (χ1v) is 6.19. The monoisotopic (exact) mass is 257 g/mol. The van der Waals surface area contributed by atoms with Crippen molar-refractivity contribution in [2.75, 3.05) is 20.8 Å². The molecular formula is C11H19N3O2S. The van der Waals surface area contributed by atoms with Gasteiger partial charge in [-0.3, -0.25) is 15.1 Å². The average molecular weight is 257 g/mol. The lowest BCUT2D eigenvalue weighted by atomic mass is 10.3. The van der Waals surface area contributed by atoms with Crippen LogP contribution in [-0.2, 0) is 11.3 Å². The van der Waals surface area contributed by atoms with E-state index < -0.39 is 0 Å². The minimum atomic E-state index is -0.242. The Labute approximate surface area is 106 Å². The van der Waals surface area contributed by atoms with Crippen LogP contribution in [0, 0.1) is 0 Å². The van der Waals surface area contributed by atoms with E-state index in [1.807, 2.05) is 13.1 Å². The highest BCUT2D eigenvalue weighted by molar-refractivity contribution is 7.14. The van der Waals surface area contributed by atoms with Gasteiger partial charge in [-0.2, -0.15) is 0 Å². The van der Waals surface area contributed by atoms with Gasteiger partial charge < -0.3 is 4.74 Å². The number of methoxy groups -OCH3 is 1. The minimum Gasteiger partial charge on any atom is -0.383 e. The van der Waals surface area contributed by atoms with Crippen LogP contribution in [0.2, 0.25) is 0 Å². The van der Waals surface area contributed by atoms with Gasteiger partial charge in [0.1, 0.15) is 0 Å². The van der Waals surface area contributed by atoms with E-state index >= 15 is 0 Å². The number of nitrogens with zero attached hydrogens (tertiary/aromatic N) is 1. The lowest BCUT2D eigenvalue weighted by molar-refractivity contribution is 0.0957. The second-order valence-electron chi connectivity index (χ2n) is 3.96. The van der Waals surface area contributed by atoms with E-state index in [0.717, 1.165) is 11.4 Å². The first-order valence-electron chi connectivity index (χ1n) is 5.37. The summed E-state index contributed by atoms with van der Waals surface area (Å²) in [6.45, 7) is 3.59. The van der Waals surface area contributed by atoms with Gasteiger partial charge >= 0.3 is 0 Å². The number of rotatable bonds is 6. The third-order valence-corrected chi connectivity index (χ3v) is 3.65. The smallest absolute Gasteiger partial charge is 0.275 e. The zero-order valence-electron chi connectivity index (χ0n) is 10.4. The molecule has 0 aliphatic heterocycles. The molecule has 17 heavy (non-hydrogen) atoms. The topological polar surface area (TPSA) is 67.6 Å². The number of nitrogens with two attached hydrogens (primary N) is 1. The summed E-state index contributed by atoms with van der Waals surface area (Å²) in [5, 5.41) is 0. The summed E-state index contributed by atoms with van der Waals surface area (Å²) in [5.41, 5.74) is 2.13. The molecule has 1 aromatic rings. The molecule has 3 N–H and O–H groups in total. The van der Waals surface area contributed by atoms with Crippen molar-refractivity contribution < 1.29 is 9.53 Å². The molecule has 0 saturated heterocycles. The molecular weight excluding hydrogens is 238 g/mol. The lowest BCUT2D eigenvalue weighted by Crippen LogP contribution is -2.31. The van der Waals surface area contributed by atoms with Crippen molar-refractivity contribution in [2.24, 2.45) is 5.84 Å². The van der Waals surface area contributed by atoms with Crippen molar-refractivity contribution in [1.29, 1.82) is 0 Å². The number of carbonyl (C=O) groups excluding carboxylic acids is 1. The van der Waals surface area contributed by atoms with Crippen LogP contribution in [0.15, 0.2) is 12.1 Å². The number of likely N-dealkylation sites (N-methyl/N-ethyl adjacent to an activating group) is 1. The second kappa shape index (κ2) is 6.70. The van der Waals surface area contributed by atoms with Crippen LogP contribution in [0.1, 0.15) is 21.5 Å². The van der Waals surface area contributed by atoms with Crippen molar-refractivity contribution in [3.63, 3.8) is 0 Å². The summed E-state index contributed by atoms with van der Waals surface area (Å²) in [6.07, 6.45) is 0. The molecule has 0 radical (unpaired) electrons. The van der Waals surface area contributed by atoms with Gasteiger partial charge in [0.25, 0.3) is 5.91 Å². The van der Waals surface area contributed by atoms with E-state index in [9.17, 15) is 4.79 Å². The number of carbonyl (C=O) groups is 1. The van der Waals surface area contributed by atoms with Crippen LogP contribution in [0.3, 0.4) is 0 Å². The van der Waals surface area contributed by atoms with E-state index in [1.165, 1.54) is 11.3 Å². The van der Waals surface area contributed by atoms with E-state index in [-0.39, 0.29) is 5.91 Å². The molecule has 96 valence electrons. The highest BCUT2D eigenvalue weighted by Gasteiger charge is 2.12. The summed E-state index contributed by atoms with van der Waals surface area (Å²) in [4.78, 5) is 15.2. The summed E-state index contributed by atoms with van der Waals surface area (Å²) in [6, 6.07) is 4.08. The zero-order chi connectivity index (χ0) is 12.8. The summed E-state index contributed by atoms with van der Waals surface area (Å²) < 4.78 is 5.10. The number of hydrogen-bond donors (Lipinski definition) is 2. The van der Waals surface area contributed by atoms with Gasteiger partial charge in [-0.25, -0.2) is 5.84 Å². The fourth-order valence-corrected chi connectivity index (χ4v) is 2.40. The zero-order valence-corrected chi connectivity index (χ0v) is 11.2. The van der Waals surface area contributed by atoms with Crippen LogP contribution in [0.4, 0.5) is 0 Å². The standard InChI is InChI=1S/C11H19N3O2S/c1-8(7-16-3)14(2)6-9-4-5-10(17-9)11(15)13-12/h4-5,8H,6-7,12H2,1-3H3,(H,13,15). The van der Waals surface area contributed by atoms with Crippen LogP contribution in [-0.4, -0.2) is 37.6 Å². The maximum atomic E-state index is 11.3. The fourth-order valence-electron chi connectivity index (χ4n) is 1.43. The molecule has 0 aliphatic carbocycles. The number of nitrogen functional groups attached to an aromatic ring is 1. The predicted molar refractivity (Wildman–Crippen MR) is 68.8 cm³/mol. The van der Waals surface area contributed by atoms with Gasteiger partial charge in [-0.15, -0.1) is 11.3 Å². The molecule has 0 fully saturated rings. The maximum absolute atomic E-state index is 11.3. The third-order valence-electron chi connectivity index (χ3n) is 2.58. The molecule has 1 rings (SSSR count). The largest absolute Gasteiger partial charge is 0.383 e. The van der Waals surface area contributed by atoms with Crippen LogP contribution >= 0.6 is 11.3 Å². The molecule has 0 saturated carbocycles. The van der Waals surface area contributed by atoms with Gasteiger partial charge in [0, 0.05) is 24.6 Å². The van der Waals surface area contributed by atoms with Crippen LogP contribution in [0.5, 0.6) is 0 Å². The molecule has 0 spiro atoms. The first kappa shape index (κ1) is 14.1. The third kappa shape index (κ3) is 4.08. The summed E-state index contributed by atoms with van der Waals surface area (Å²) >= 11 is 1.45. The molecule has 6 heteroatoms. The van der Waals surface area contributed by atoms with Gasteiger partial charge in [0.2, 0.25) is 0 Å². The van der Waals surface area contributed by atoms with Crippen molar-refractivity contribution in [1.82, 2.24) is 10.3 Å². The SMILES string of the molecule is COCC(C)N(C)Cc1ccc(C(=O)NN)s1. The first-order chi connectivity index (χ1) is 8.08. The Bertz CT molecular complexity index is 367. The quantitative estimate of drug-likeness (QED) is 0.450. The lowest BCUT2D eigenvalue weighted by Gasteiger charge is -2.23. The highest BCUT2D eigenvalue weighted by atomic mass is 32.1. The molecule has 0 bridgehead atoms. The highest BCUT2D eigenvalue weighted by Crippen LogP contribution is 2.18. The molecule has 1 unspecified atom stereocenters. The van der Waals surface area contributed by atoms with Crippen molar-refractivity contribution in [3.8, 4) is 0 Å². The number of thiophene rings is 1. The molecule has 0 aliphatic rings. The number of ether oxygens (including phenoxy) is 1. The van der Waals surface area contributed by atoms with Crippen LogP contribution in [0.25, 0.3) is 0 Å². The number of hydrazine groups is 1. The molecule has 0 aromatic carbocycles. The molecule has 1 amide bonds. The molecule has 1 atom stereocenters. The number of amides is 1. The van der Waals surface area contributed by atoms with E-state index in [4.69, 9.17) is 10.6 Å². The number of hydrogen-bond acceptors (Lipinski definition) is 5. The Balaban J connectivity index is 2.57. The van der Waals surface area contributed by atoms with E-state index in [1.54, 1.807) is 13.2 Å². The van der Waals surface area contributed by atoms with Gasteiger partial charge in [0.15, 0.2) is 0 Å². The van der Waals surface area contributed by atoms with E-state index in [2.05, 4.69) is 17.2 Å². The van der Waals surface area contributed by atoms with Crippen molar-refractivity contribution >= 4 is 17.2 Å². The summed E-state index contributed by atoms with van der Waals surface area (Å²) in [7, 11) is 3.73. The van der Waals surface area contributed by atoms with Crippen LogP contribution < -0.4 is 11.3 Å².